The van der Waals surface area contributed by atoms with Gasteiger partial charge in [0.05, 0.1) is 6.54 Å². The maximum Gasteiger partial charge on any atom is 0.243 e. The molecule has 0 radical (unpaired) electrons. The van der Waals surface area contributed by atoms with Gasteiger partial charge in [-0.05, 0) is 36.6 Å². The lowest BCUT2D eigenvalue weighted by Crippen LogP contribution is -2.36. The standard InChI is InChI=1S/C18H18N2O3/c21-18(19-14-7-8-16-17(10-14)23-12-22-16)11-20-9-3-5-13-4-1-2-6-15(13)20/h1-2,4,6-8,10H,3,5,9,11-12H2,(H,19,21). The Morgan fingerprint density at radius 2 is 2.00 bits per heavy atom. The molecule has 2 heterocycles. The normalized spacial score (nSPS) is 15.2. The van der Waals surface area contributed by atoms with E-state index in [0.29, 0.717) is 18.0 Å². The number of carbonyl (C=O) groups excluding carboxylic acids is 1. The van der Waals surface area contributed by atoms with Crippen molar-refractivity contribution in [1.82, 2.24) is 0 Å². The first kappa shape index (κ1) is 13.9. The first-order valence-corrected chi connectivity index (χ1v) is 7.82. The smallest absolute Gasteiger partial charge is 0.243 e. The van der Waals surface area contributed by atoms with Gasteiger partial charge in [-0.1, -0.05) is 18.2 Å². The molecule has 5 nitrogen and oxygen atoms in total. The molecule has 2 aromatic carbocycles. The number of benzene rings is 2. The van der Waals surface area contributed by atoms with Crippen molar-refractivity contribution in [2.45, 2.75) is 12.8 Å². The quantitative estimate of drug-likeness (QED) is 0.947. The first-order valence-electron chi connectivity index (χ1n) is 7.82. The zero-order valence-corrected chi connectivity index (χ0v) is 12.7. The molecule has 2 aromatic rings. The molecule has 0 fully saturated rings. The van der Waals surface area contributed by atoms with E-state index in [1.807, 2.05) is 18.2 Å². The van der Waals surface area contributed by atoms with E-state index in [1.54, 1.807) is 6.07 Å². The summed E-state index contributed by atoms with van der Waals surface area (Å²) in [7, 11) is 0. The molecule has 0 aromatic heterocycles. The molecule has 2 aliphatic rings. The van der Waals surface area contributed by atoms with Gasteiger partial charge in [0.2, 0.25) is 12.7 Å². The third kappa shape index (κ3) is 2.82. The van der Waals surface area contributed by atoms with Gasteiger partial charge >= 0.3 is 0 Å². The van der Waals surface area contributed by atoms with E-state index >= 15 is 0 Å². The zero-order chi connectivity index (χ0) is 15.6. The monoisotopic (exact) mass is 310 g/mol. The van der Waals surface area contributed by atoms with E-state index < -0.39 is 0 Å². The van der Waals surface area contributed by atoms with Crippen molar-refractivity contribution in [2.24, 2.45) is 0 Å². The summed E-state index contributed by atoms with van der Waals surface area (Å²) in [6.45, 7) is 1.49. The molecule has 2 aliphatic heterocycles. The van der Waals surface area contributed by atoms with Crippen LogP contribution in [0.5, 0.6) is 11.5 Å². The van der Waals surface area contributed by atoms with Gasteiger partial charge in [0, 0.05) is 24.0 Å². The largest absolute Gasteiger partial charge is 0.454 e. The van der Waals surface area contributed by atoms with Crippen LogP contribution in [0.2, 0.25) is 0 Å². The predicted molar refractivity (Wildman–Crippen MR) is 88.2 cm³/mol. The molecule has 0 atom stereocenters. The van der Waals surface area contributed by atoms with Gasteiger partial charge in [0.1, 0.15) is 0 Å². The molecule has 118 valence electrons. The van der Waals surface area contributed by atoms with Gasteiger partial charge in [-0.25, -0.2) is 0 Å². The fourth-order valence-electron chi connectivity index (χ4n) is 3.12. The number of nitrogens with zero attached hydrogens (tertiary/aromatic N) is 1. The molecule has 4 rings (SSSR count). The number of hydrogen-bond donors (Lipinski definition) is 1. The fourth-order valence-corrected chi connectivity index (χ4v) is 3.12. The molecule has 5 heteroatoms. The van der Waals surface area contributed by atoms with Crippen molar-refractivity contribution < 1.29 is 14.3 Å². The number of ether oxygens (including phenoxy) is 2. The second kappa shape index (κ2) is 5.83. The van der Waals surface area contributed by atoms with Crippen LogP contribution in [-0.4, -0.2) is 25.8 Å². The summed E-state index contributed by atoms with van der Waals surface area (Å²) in [5.41, 5.74) is 3.21. The third-order valence-corrected chi connectivity index (χ3v) is 4.20. The van der Waals surface area contributed by atoms with E-state index in [0.717, 1.165) is 25.1 Å². The van der Waals surface area contributed by atoms with E-state index in [2.05, 4.69) is 28.4 Å². The topological polar surface area (TPSA) is 50.8 Å². The van der Waals surface area contributed by atoms with Crippen LogP contribution in [0.1, 0.15) is 12.0 Å². The lowest BCUT2D eigenvalue weighted by molar-refractivity contribution is -0.115. The number of anilines is 2. The van der Waals surface area contributed by atoms with Crippen LogP contribution in [0, 0.1) is 0 Å². The summed E-state index contributed by atoms with van der Waals surface area (Å²) in [6, 6.07) is 13.7. The number of amides is 1. The van der Waals surface area contributed by atoms with Gasteiger partial charge < -0.3 is 19.7 Å². The lowest BCUT2D eigenvalue weighted by Gasteiger charge is -2.30. The second-order valence-corrected chi connectivity index (χ2v) is 5.77. The average Bonchev–Trinajstić information content (AvgIpc) is 3.03. The predicted octanol–water partition coefficient (Wildman–Crippen LogP) is 2.81. The number of para-hydroxylation sites is 1. The highest BCUT2D eigenvalue weighted by Crippen LogP contribution is 2.34. The first-order chi connectivity index (χ1) is 11.3. The zero-order valence-electron chi connectivity index (χ0n) is 12.7. The van der Waals surface area contributed by atoms with Gasteiger partial charge in [-0.2, -0.15) is 0 Å². The van der Waals surface area contributed by atoms with Crippen LogP contribution in [0.4, 0.5) is 11.4 Å². The highest BCUT2D eigenvalue weighted by atomic mass is 16.7. The third-order valence-electron chi connectivity index (χ3n) is 4.20. The van der Waals surface area contributed by atoms with Crippen LogP contribution in [0.25, 0.3) is 0 Å². The Morgan fingerprint density at radius 1 is 1.13 bits per heavy atom. The lowest BCUT2D eigenvalue weighted by atomic mass is 10.0. The van der Waals surface area contributed by atoms with Gasteiger partial charge in [0.25, 0.3) is 0 Å². The van der Waals surface area contributed by atoms with Gasteiger partial charge in [-0.3, -0.25) is 4.79 Å². The number of carbonyl (C=O) groups is 1. The molecule has 0 bridgehead atoms. The Morgan fingerprint density at radius 3 is 2.96 bits per heavy atom. The summed E-state index contributed by atoms with van der Waals surface area (Å²) in [5, 5.41) is 2.93. The molecular weight excluding hydrogens is 292 g/mol. The molecule has 1 N–H and O–H groups in total. The van der Waals surface area contributed by atoms with Crippen LogP contribution in [0.3, 0.4) is 0 Å². The van der Waals surface area contributed by atoms with Crippen molar-refractivity contribution in [3.8, 4) is 11.5 Å². The molecule has 1 amide bonds. The molecule has 0 spiro atoms. The Balaban J connectivity index is 1.45. The minimum absolute atomic E-state index is 0.0273. The average molecular weight is 310 g/mol. The summed E-state index contributed by atoms with van der Waals surface area (Å²) < 4.78 is 10.6. The van der Waals surface area contributed by atoms with Gasteiger partial charge in [0.15, 0.2) is 11.5 Å². The van der Waals surface area contributed by atoms with Crippen LogP contribution in [-0.2, 0) is 11.2 Å². The van der Waals surface area contributed by atoms with Crippen molar-refractivity contribution >= 4 is 17.3 Å². The molecule has 0 saturated carbocycles. The van der Waals surface area contributed by atoms with Crippen molar-refractivity contribution in [3.63, 3.8) is 0 Å². The summed E-state index contributed by atoms with van der Waals surface area (Å²) in [5.74, 6) is 1.36. The molecule has 23 heavy (non-hydrogen) atoms. The number of fused-ring (bicyclic) bond motifs is 2. The molecular formula is C18H18N2O3. The Bertz CT molecular complexity index is 745. The number of rotatable bonds is 3. The second-order valence-electron chi connectivity index (χ2n) is 5.77. The van der Waals surface area contributed by atoms with Gasteiger partial charge in [-0.15, -0.1) is 0 Å². The Kier molecular flexibility index (Phi) is 3.54. The summed E-state index contributed by atoms with van der Waals surface area (Å²) in [4.78, 5) is 14.5. The molecule has 0 saturated heterocycles. The molecule has 0 aliphatic carbocycles. The SMILES string of the molecule is O=C(CN1CCCc2ccccc21)Nc1ccc2c(c1)OCO2. The highest BCUT2D eigenvalue weighted by molar-refractivity contribution is 5.94. The Labute approximate surface area is 134 Å². The van der Waals surface area contributed by atoms with Crippen molar-refractivity contribution in [1.29, 1.82) is 0 Å². The summed E-state index contributed by atoms with van der Waals surface area (Å²) in [6.07, 6.45) is 2.16. The minimum atomic E-state index is -0.0273. The van der Waals surface area contributed by atoms with E-state index in [-0.39, 0.29) is 12.7 Å². The van der Waals surface area contributed by atoms with Crippen LogP contribution in [0.15, 0.2) is 42.5 Å². The minimum Gasteiger partial charge on any atom is -0.454 e. The fraction of sp³-hybridized carbons (Fsp3) is 0.278. The van der Waals surface area contributed by atoms with Crippen LogP contribution >= 0.6 is 0 Å². The van der Waals surface area contributed by atoms with Crippen molar-refractivity contribution in [2.75, 3.05) is 30.1 Å². The van der Waals surface area contributed by atoms with Crippen LogP contribution < -0.4 is 19.7 Å². The molecule has 0 unspecified atom stereocenters. The maximum atomic E-state index is 12.4. The number of nitrogens with one attached hydrogen (secondary N) is 1. The van der Waals surface area contributed by atoms with E-state index in [9.17, 15) is 4.79 Å². The number of hydrogen-bond acceptors (Lipinski definition) is 4. The van der Waals surface area contributed by atoms with E-state index in [1.165, 1.54) is 11.3 Å². The Hall–Kier alpha value is -2.69. The van der Waals surface area contributed by atoms with E-state index in [4.69, 9.17) is 9.47 Å². The highest BCUT2D eigenvalue weighted by Gasteiger charge is 2.19. The number of aryl methyl sites for hydroxylation is 1. The van der Waals surface area contributed by atoms with Crippen molar-refractivity contribution in [3.05, 3.63) is 48.0 Å². The summed E-state index contributed by atoms with van der Waals surface area (Å²) >= 11 is 0. The maximum absolute atomic E-state index is 12.4.